The lowest BCUT2D eigenvalue weighted by molar-refractivity contribution is -0.140. The number of primary sulfonamides is 1. The monoisotopic (exact) mass is 567 g/mol. The van der Waals surface area contributed by atoms with Gasteiger partial charge in [-0.2, -0.15) is 13.2 Å². The van der Waals surface area contributed by atoms with E-state index >= 15 is 0 Å². The summed E-state index contributed by atoms with van der Waals surface area (Å²) in [5, 5.41) is 11.9. The molecule has 0 radical (unpaired) electrons. The average molecular weight is 568 g/mol. The minimum absolute atomic E-state index is 0.00762. The lowest BCUT2D eigenvalue weighted by Gasteiger charge is -2.30. The number of alkyl halides is 3. The summed E-state index contributed by atoms with van der Waals surface area (Å²) in [5.41, 5.74) is 1.03. The molecule has 2 heterocycles. The molecular formula is C26H29F4N5O3S. The van der Waals surface area contributed by atoms with Gasteiger partial charge in [0.1, 0.15) is 18.1 Å². The number of benzene rings is 2. The number of hydrogen-bond donors (Lipinski definition) is 3. The molecule has 0 atom stereocenters. The first-order valence-corrected chi connectivity index (χ1v) is 13.7. The first-order valence-electron chi connectivity index (χ1n) is 12.1. The molecular weight excluding hydrogens is 538 g/mol. The molecule has 13 heteroatoms. The van der Waals surface area contributed by atoms with Gasteiger partial charge in [0, 0.05) is 23.2 Å². The van der Waals surface area contributed by atoms with Crippen molar-refractivity contribution in [2.75, 3.05) is 44.4 Å². The van der Waals surface area contributed by atoms with Crippen molar-refractivity contribution in [3.05, 3.63) is 47.9 Å². The van der Waals surface area contributed by atoms with Crippen LogP contribution >= 0.6 is 0 Å². The highest BCUT2D eigenvalue weighted by molar-refractivity contribution is 7.89. The number of nitrogens with one attached hydrogen (secondary N) is 2. The quantitative estimate of drug-likeness (QED) is 0.295. The fourth-order valence-electron chi connectivity index (χ4n) is 4.54. The average Bonchev–Trinajstić information content (AvgIpc) is 3.18. The Hall–Kier alpha value is -3.47. The standard InChI is InChI=1S/C26H29F4N5O3S/c1-34-10-7-18(8-11-34)33-23-12-17(27)13-24-21(23)14-19(35(24)16-26(28,29)30)4-3-9-32-22-6-5-20(39(31,36)37)15-25(22)38-2/h5-6,12-15,18,32-33H,7-11,16H2,1-2H3,(H2,31,36,37). The van der Waals surface area contributed by atoms with Crippen LogP contribution in [-0.2, 0) is 16.6 Å². The van der Waals surface area contributed by atoms with Crippen molar-refractivity contribution in [2.24, 2.45) is 5.14 Å². The van der Waals surface area contributed by atoms with Gasteiger partial charge in [-0.1, -0.05) is 5.92 Å². The van der Waals surface area contributed by atoms with Gasteiger partial charge in [0.2, 0.25) is 10.0 Å². The normalized spacial score (nSPS) is 15.2. The Bertz CT molecular complexity index is 1520. The number of piperidine rings is 1. The number of fused-ring (bicyclic) bond motifs is 1. The number of nitrogens with two attached hydrogens (primary N) is 1. The first kappa shape index (κ1) is 28.5. The predicted molar refractivity (Wildman–Crippen MR) is 142 cm³/mol. The molecule has 0 spiro atoms. The van der Waals surface area contributed by atoms with Gasteiger partial charge in [-0.05, 0) is 69.2 Å². The number of ether oxygens (including phenoxy) is 1. The molecule has 0 saturated carbocycles. The molecule has 4 N–H and O–H groups in total. The van der Waals surface area contributed by atoms with Gasteiger partial charge in [0.25, 0.3) is 0 Å². The summed E-state index contributed by atoms with van der Waals surface area (Å²) in [7, 11) is -0.560. The molecule has 1 saturated heterocycles. The molecule has 0 amide bonds. The largest absolute Gasteiger partial charge is 0.495 e. The van der Waals surface area contributed by atoms with Crippen LogP contribution in [0.5, 0.6) is 5.75 Å². The van der Waals surface area contributed by atoms with E-state index in [9.17, 15) is 26.0 Å². The van der Waals surface area contributed by atoms with E-state index in [1.165, 1.54) is 37.4 Å². The van der Waals surface area contributed by atoms with Crippen LogP contribution in [0.3, 0.4) is 0 Å². The molecule has 8 nitrogen and oxygen atoms in total. The first-order chi connectivity index (χ1) is 18.3. The van der Waals surface area contributed by atoms with Crippen molar-refractivity contribution in [1.29, 1.82) is 0 Å². The van der Waals surface area contributed by atoms with Crippen LogP contribution in [0.1, 0.15) is 18.5 Å². The zero-order valence-electron chi connectivity index (χ0n) is 21.4. The maximum absolute atomic E-state index is 14.6. The third kappa shape index (κ3) is 7.14. The lowest BCUT2D eigenvalue weighted by atomic mass is 10.0. The summed E-state index contributed by atoms with van der Waals surface area (Å²) in [6, 6.07) is 7.99. The van der Waals surface area contributed by atoms with E-state index in [1.807, 2.05) is 7.05 Å². The highest BCUT2D eigenvalue weighted by Gasteiger charge is 2.30. The second-order valence-electron chi connectivity index (χ2n) is 9.40. The number of likely N-dealkylation sites (tertiary alicyclic amines) is 1. The van der Waals surface area contributed by atoms with Crippen LogP contribution in [0, 0.1) is 17.7 Å². The van der Waals surface area contributed by atoms with Crippen molar-refractivity contribution in [3.8, 4) is 17.6 Å². The van der Waals surface area contributed by atoms with Crippen LogP contribution < -0.4 is 20.5 Å². The summed E-state index contributed by atoms with van der Waals surface area (Å²) < 4.78 is 84.3. The van der Waals surface area contributed by atoms with Crippen LogP contribution in [0.15, 0.2) is 41.3 Å². The van der Waals surface area contributed by atoms with E-state index in [1.54, 1.807) is 0 Å². The molecule has 0 aliphatic carbocycles. The fourth-order valence-corrected chi connectivity index (χ4v) is 5.07. The summed E-state index contributed by atoms with van der Waals surface area (Å²) in [6.45, 7) is 0.413. The Morgan fingerprint density at radius 1 is 1.13 bits per heavy atom. The molecule has 3 aromatic rings. The van der Waals surface area contributed by atoms with E-state index < -0.39 is 28.6 Å². The van der Waals surface area contributed by atoms with Gasteiger partial charge >= 0.3 is 6.18 Å². The maximum Gasteiger partial charge on any atom is 0.406 e. The third-order valence-electron chi connectivity index (χ3n) is 6.49. The number of halogens is 4. The van der Waals surface area contributed by atoms with Gasteiger partial charge in [-0.25, -0.2) is 17.9 Å². The SMILES string of the molecule is COc1cc(S(N)(=O)=O)ccc1NCC#Cc1cc2c(NC3CCN(C)CC3)cc(F)cc2n1CC(F)(F)F. The van der Waals surface area contributed by atoms with Crippen LogP contribution in [0.2, 0.25) is 0 Å². The molecule has 1 aliphatic rings. The zero-order chi connectivity index (χ0) is 28.4. The number of anilines is 2. The van der Waals surface area contributed by atoms with Crippen LogP contribution in [-0.4, -0.2) is 63.9 Å². The van der Waals surface area contributed by atoms with E-state index in [2.05, 4.69) is 27.4 Å². The van der Waals surface area contributed by atoms with Gasteiger partial charge in [-0.3, -0.25) is 0 Å². The van der Waals surface area contributed by atoms with Gasteiger partial charge in [-0.15, -0.1) is 0 Å². The Labute approximate surface area is 224 Å². The molecule has 1 aromatic heterocycles. The number of hydrogen-bond acceptors (Lipinski definition) is 6. The molecule has 0 bridgehead atoms. The highest BCUT2D eigenvalue weighted by Crippen LogP contribution is 2.32. The highest BCUT2D eigenvalue weighted by atomic mass is 32.2. The van der Waals surface area contributed by atoms with Crippen molar-refractivity contribution < 1.29 is 30.7 Å². The summed E-state index contributed by atoms with van der Waals surface area (Å²) in [5.74, 6) is 5.11. The minimum atomic E-state index is -4.55. The van der Waals surface area contributed by atoms with Crippen molar-refractivity contribution in [1.82, 2.24) is 9.47 Å². The van der Waals surface area contributed by atoms with Gasteiger partial charge in [0.05, 0.1) is 35.4 Å². The van der Waals surface area contributed by atoms with E-state index in [-0.39, 0.29) is 34.4 Å². The molecule has 1 fully saturated rings. The lowest BCUT2D eigenvalue weighted by Crippen LogP contribution is -2.36. The van der Waals surface area contributed by atoms with Crippen LogP contribution in [0.4, 0.5) is 28.9 Å². The Morgan fingerprint density at radius 3 is 2.49 bits per heavy atom. The Kier molecular flexibility index (Phi) is 8.29. The number of aromatic nitrogens is 1. The Balaban J connectivity index is 1.63. The van der Waals surface area contributed by atoms with E-state index in [0.29, 0.717) is 16.8 Å². The summed E-state index contributed by atoms with van der Waals surface area (Å²) >= 11 is 0. The van der Waals surface area contributed by atoms with Crippen molar-refractivity contribution in [2.45, 2.75) is 36.5 Å². The number of rotatable bonds is 7. The summed E-state index contributed by atoms with van der Waals surface area (Å²) in [4.78, 5) is 2.05. The van der Waals surface area contributed by atoms with Crippen LogP contribution in [0.25, 0.3) is 10.9 Å². The predicted octanol–water partition coefficient (Wildman–Crippen LogP) is 3.97. The fraction of sp³-hybridized carbons (Fsp3) is 0.385. The van der Waals surface area contributed by atoms with Gasteiger partial charge in [0.15, 0.2) is 0 Å². The van der Waals surface area contributed by atoms with E-state index in [4.69, 9.17) is 9.88 Å². The second-order valence-corrected chi connectivity index (χ2v) is 11.0. The zero-order valence-corrected chi connectivity index (χ0v) is 22.2. The molecule has 1 aliphatic heterocycles. The molecule has 0 unspecified atom stereocenters. The van der Waals surface area contributed by atoms with E-state index in [0.717, 1.165) is 36.6 Å². The molecule has 4 rings (SSSR count). The van der Waals surface area contributed by atoms with Crippen molar-refractivity contribution in [3.63, 3.8) is 0 Å². The maximum atomic E-state index is 14.6. The second kappa shape index (κ2) is 11.3. The number of sulfonamides is 1. The molecule has 210 valence electrons. The minimum Gasteiger partial charge on any atom is -0.495 e. The number of nitrogens with zero attached hydrogens (tertiary/aromatic N) is 2. The third-order valence-corrected chi connectivity index (χ3v) is 7.40. The van der Waals surface area contributed by atoms with Gasteiger partial charge < -0.3 is 24.8 Å². The van der Waals surface area contributed by atoms with Crippen molar-refractivity contribution >= 4 is 32.3 Å². The number of methoxy groups -OCH3 is 1. The Morgan fingerprint density at radius 2 is 1.85 bits per heavy atom. The molecule has 39 heavy (non-hydrogen) atoms. The topological polar surface area (TPSA) is 102 Å². The summed E-state index contributed by atoms with van der Waals surface area (Å²) in [6.07, 6.45) is -2.89. The smallest absolute Gasteiger partial charge is 0.406 e. The molecule has 2 aromatic carbocycles.